The first kappa shape index (κ1) is 17.1. The molecule has 0 fully saturated rings. The van der Waals surface area contributed by atoms with Crippen LogP contribution >= 0.6 is 0 Å². The zero-order valence-electron chi connectivity index (χ0n) is 13.1. The number of nitrogens with zero attached hydrogens (tertiary/aromatic N) is 1. The Balaban J connectivity index is 2.47. The second-order valence-corrected chi connectivity index (χ2v) is 5.36. The quantitative estimate of drug-likeness (QED) is 0.721. The zero-order valence-corrected chi connectivity index (χ0v) is 13.1. The lowest BCUT2D eigenvalue weighted by Gasteiger charge is -2.24. The normalized spacial score (nSPS) is 14.5. The molecule has 0 heterocycles. The van der Waals surface area contributed by atoms with Gasteiger partial charge in [-0.15, -0.1) is 0 Å². The maximum Gasteiger partial charge on any atom is 0.0899 e. The fourth-order valence-corrected chi connectivity index (χ4v) is 2.48. The van der Waals surface area contributed by atoms with Crippen molar-refractivity contribution in [1.29, 1.82) is 0 Å². The molecule has 0 aliphatic carbocycles. The molecule has 0 saturated carbocycles. The van der Waals surface area contributed by atoms with E-state index in [0.717, 1.165) is 13.0 Å². The smallest absolute Gasteiger partial charge is 0.0899 e. The standard InChI is InChI=1S/C16H28N2O2/c1-13-7-5-6-8-15(13)16(17-2)9-10-18(3)11-14(19)12-20-4/h5-8,14,16-17,19H,9-12H2,1-4H3. The van der Waals surface area contributed by atoms with Crippen LogP contribution in [0, 0.1) is 6.92 Å². The third kappa shape index (κ3) is 5.59. The molecule has 4 heteroatoms. The maximum atomic E-state index is 9.72. The molecular formula is C16H28N2O2. The number of aryl methyl sites for hydroxylation is 1. The highest BCUT2D eigenvalue weighted by molar-refractivity contribution is 5.28. The summed E-state index contributed by atoms with van der Waals surface area (Å²) in [5, 5.41) is 13.1. The van der Waals surface area contributed by atoms with Crippen molar-refractivity contribution in [2.45, 2.75) is 25.5 Å². The summed E-state index contributed by atoms with van der Waals surface area (Å²) in [5.74, 6) is 0. The highest BCUT2D eigenvalue weighted by Crippen LogP contribution is 2.20. The Morgan fingerprint density at radius 1 is 1.35 bits per heavy atom. The lowest BCUT2D eigenvalue weighted by atomic mass is 9.99. The average molecular weight is 280 g/mol. The first-order valence-corrected chi connectivity index (χ1v) is 7.16. The van der Waals surface area contributed by atoms with Gasteiger partial charge in [0.2, 0.25) is 0 Å². The summed E-state index contributed by atoms with van der Waals surface area (Å²) in [7, 11) is 5.64. The van der Waals surface area contributed by atoms with Crippen molar-refractivity contribution in [1.82, 2.24) is 10.2 Å². The van der Waals surface area contributed by atoms with Crippen LogP contribution in [0.4, 0.5) is 0 Å². The van der Waals surface area contributed by atoms with Crippen molar-refractivity contribution in [2.24, 2.45) is 0 Å². The number of aliphatic hydroxyl groups is 1. The minimum Gasteiger partial charge on any atom is -0.389 e. The van der Waals surface area contributed by atoms with E-state index < -0.39 is 6.10 Å². The number of benzene rings is 1. The second kappa shape index (κ2) is 9.08. The molecule has 4 nitrogen and oxygen atoms in total. The van der Waals surface area contributed by atoms with Gasteiger partial charge in [0, 0.05) is 19.7 Å². The van der Waals surface area contributed by atoms with Crippen LogP contribution in [0.2, 0.25) is 0 Å². The largest absolute Gasteiger partial charge is 0.389 e. The van der Waals surface area contributed by atoms with Gasteiger partial charge < -0.3 is 20.1 Å². The summed E-state index contributed by atoms with van der Waals surface area (Å²) in [6.45, 7) is 4.10. The number of hydrogen-bond donors (Lipinski definition) is 2. The summed E-state index contributed by atoms with van der Waals surface area (Å²) < 4.78 is 4.95. The van der Waals surface area contributed by atoms with Crippen molar-refractivity contribution in [3.05, 3.63) is 35.4 Å². The van der Waals surface area contributed by atoms with Crippen molar-refractivity contribution in [3.63, 3.8) is 0 Å². The Hall–Kier alpha value is -0.940. The van der Waals surface area contributed by atoms with E-state index in [4.69, 9.17) is 4.74 Å². The third-order valence-corrected chi connectivity index (χ3v) is 3.59. The first-order valence-electron chi connectivity index (χ1n) is 7.16. The predicted octanol–water partition coefficient (Wildman–Crippen LogP) is 1.58. The van der Waals surface area contributed by atoms with E-state index in [0.29, 0.717) is 19.2 Å². The van der Waals surface area contributed by atoms with Crippen molar-refractivity contribution in [2.75, 3.05) is 40.9 Å². The molecule has 0 aliphatic rings. The number of aliphatic hydroxyl groups excluding tert-OH is 1. The van der Waals surface area contributed by atoms with Crippen LogP contribution in [-0.2, 0) is 4.74 Å². The van der Waals surface area contributed by atoms with Crippen molar-refractivity contribution in [3.8, 4) is 0 Å². The number of hydrogen-bond acceptors (Lipinski definition) is 4. The number of likely N-dealkylation sites (N-methyl/N-ethyl adjacent to an activating group) is 1. The Labute approximate surface area is 122 Å². The Bertz CT molecular complexity index is 384. The maximum absolute atomic E-state index is 9.72. The minimum absolute atomic E-state index is 0.346. The molecule has 2 N–H and O–H groups in total. The Morgan fingerprint density at radius 3 is 2.65 bits per heavy atom. The SMILES string of the molecule is CNC(CCN(C)CC(O)COC)c1ccccc1C. The van der Waals surface area contributed by atoms with Gasteiger partial charge in [-0.1, -0.05) is 24.3 Å². The molecule has 114 valence electrons. The van der Waals surface area contributed by atoms with Crippen LogP contribution in [0.1, 0.15) is 23.6 Å². The molecule has 0 radical (unpaired) electrons. The van der Waals surface area contributed by atoms with E-state index in [-0.39, 0.29) is 0 Å². The van der Waals surface area contributed by atoms with E-state index in [2.05, 4.69) is 41.4 Å². The molecule has 20 heavy (non-hydrogen) atoms. The van der Waals surface area contributed by atoms with Crippen molar-refractivity contribution < 1.29 is 9.84 Å². The third-order valence-electron chi connectivity index (χ3n) is 3.59. The lowest BCUT2D eigenvalue weighted by molar-refractivity contribution is 0.0426. The molecule has 0 bridgehead atoms. The van der Waals surface area contributed by atoms with Gasteiger partial charge in [-0.2, -0.15) is 0 Å². The number of nitrogens with one attached hydrogen (secondary N) is 1. The fourth-order valence-electron chi connectivity index (χ4n) is 2.48. The monoisotopic (exact) mass is 280 g/mol. The molecule has 1 aromatic rings. The molecule has 1 rings (SSSR count). The molecule has 0 aliphatic heterocycles. The van der Waals surface area contributed by atoms with Gasteiger partial charge in [-0.25, -0.2) is 0 Å². The van der Waals surface area contributed by atoms with Crippen LogP contribution in [0.5, 0.6) is 0 Å². The fraction of sp³-hybridized carbons (Fsp3) is 0.625. The number of methoxy groups -OCH3 is 1. The molecule has 0 saturated heterocycles. The van der Waals surface area contributed by atoms with E-state index in [1.165, 1.54) is 11.1 Å². The van der Waals surface area contributed by atoms with Crippen LogP contribution in [0.3, 0.4) is 0 Å². The van der Waals surface area contributed by atoms with Gasteiger partial charge in [-0.3, -0.25) is 0 Å². The summed E-state index contributed by atoms with van der Waals surface area (Å²) in [6, 6.07) is 8.82. The molecule has 0 amide bonds. The molecule has 0 spiro atoms. The van der Waals surface area contributed by atoms with Crippen LogP contribution in [0.25, 0.3) is 0 Å². The van der Waals surface area contributed by atoms with E-state index in [9.17, 15) is 5.11 Å². The van der Waals surface area contributed by atoms with Gasteiger partial charge >= 0.3 is 0 Å². The Kier molecular flexibility index (Phi) is 7.77. The summed E-state index contributed by atoms with van der Waals surface area (Å²) in [5.41, 5.74) is 2.66. The molecule has 0 aromatic heterocycles. The zero-order chi connectivity index (χ0) is 15.0. The first-order chi connectivity index (χ1) is 9.58. The van der Waals surface area contributed by atoms with Crippen LogP contribution < -0.4 is 5.32 Å². The van der Waals surface area contributed by atoms with E-state index in [1.807, 2.05) is 14.1 Å². The second-order valence-electron chi connectivity index (χ2n) is 5.36. The Morgan fingerprint density at radius 2 is 2.05 bits per heavy atom. The van der Waals surface area contributed by atoms with Crippen LogP contribution in [0.15, 0.2) is 24.3 Å². The average Bonchev–Trinajstić information content (AvgIpc) is 2.41. The summed E-state index contributed by atoms with van der Waals surface area (Å²) in [6.07, 6.45) is 0.592. The van der Waals surface area contributed by atoms with E-state index in [1.54, 1.807) is 7.11 Å². The molecule has 2 atom stereocenters. The highest BCUT2D eigenvalue weighted by atomic mass is 16.5. The van der Waals surface area contributed by atoms with Gasteiger partial charge in [0.15, 0.2) is 0 Å². The molecule has 2 unspecified atom stereocenters. The van der Waals surface area contributed by atoms with E-state index >= 15 is 0 Å². The van der Waals surface area contributed by atoms with Gasteiger partial charge in [0.05, 0.1) is 12.7 Å². The van der Waals surface area contributed by atoms with Gasteiger partial charge in [0.1, 0.15) is 0 Å². The van der Waals surface area contributed by atoms with Crippen molar-refractivity contribution >= 4 is 0 Å². The number of rotatable bonds is 9. The minimum atomic E-state index is -0.420. The van der Waals surface area contributed by atoms with Crippen LogP contribution in [-0.4, -0.2) is 57.0 Å². The van der Waals surface area contributed by atoms with Gasteiger partial charge in [0.25, 0.3) is 0 Å². The lowest BCUT2D eigenvalue weighted by Crippen LogP contribution is -2.34. The topological polar surface area (TPSA) is 44.7 Å². The summed E-state index contributed by atoms with van der Waals surface area (Å²) >= 11 is 0. The summed E-state index contributed by atoms with van der Waals surface area (Å²) in [4.78, 5) is 2.15. The van der Waals surface area contributed by atoms with Gasteiger partial charge in [-0.05, 0) is 45.1 Å². The molecule has 1 aromatic carbocycles. The highest BCUT2D eigenvalue weighted by Gasteiger charge is 2.13. The molecular weight excluding hydrogens is 252 g/mol. The predicted molar refractivity (Wildman–Crippen MR) is 83.0 cm³/mol. The number of ether oxygens (including phenoxy) is 1.